The highest BCUT2D eigenvalue weighted by molar-refractivity contribution is 7.89. The molecule has 0 aliphatic carbocycles. The van der Waals surface area contributed by atoms with E-state index in [0.717, 1.165) is 65.9 Å². The van der Waals surface area contributed by atoms with Gasteiger partial charge in [-0.25, -0.2) is 13.1 Å². The highest BCUT2D eigenvalue weighted by atomic mass is 32.2. The lowest BCUT2D eigenvalue weighted by molar-refractivity contribution is -0.278. The molecule has 1 spiro atoms. The summed E-state index contributed by atoms with van der Waals surface area (Å²) in [6.45, 7) is 6.20. The zero-order valence-electron chi connectivity index (χ0n) is 27.7. The number of sulfonamides is 1. The molecule has 3 aliphatic rings. The molecule has 49 heavy (non-hydrogen) atoms. The van der Waals surface area contributed by atoms with Crippen molar-refractivity contribution >= 4 is 10.0 Å². The maximum atomic E-state index is 12.9. The fraction of sp³-hybridized carbons (Fsp3) is 0.385. The van der Waals surface area contributed by atoms with Crippen LogP contribution in [0.1, 0.15) is 54.4 Å². The third kappa shape index (κ3) is 7.67. The van der Waals surface area contributed by atoms with Crippen molar-refractivity contribution in [2.45, 2.75) is 62.1 Å². The van der Waals surface area contributed by atoms with Crippen LogP contribution in [0, 0.1) is 5.92 Å². The van der Waals surface area contributed by atoms with Crippen molar-refractivity contribution in [3.63, 3.8) is 0 Å². The molecule has 0 unspecified atom stereocenters. The number of aliphatic hydroxyl groups excluding tert-OH is 1. The van der Waals surface area contributed by atoms with Crippen LogP contribution in [0.2, 0.25) is 0 Å². The van der Waals surface area contributed by atoms with Crippen LogP contribution in [0.15, 0.2) is 108 Å². The van der Waals surface area contributed by atoms with Crippen LogP contribution in [0.5, 0.6) is 0 Å². The van der Waals surface area contributed by atoms with Gasteiger partial charge in [0.05, 0.1) is 36.9 Å². The molecule has 7 rings (SSSR count). The standard InChI is InChI=1S/C39H44N2O7S/c1-28-36(26-41-21-19-39(20-22-41)45-23-24-46-39)47-38(48-37(28)31-13-11-29(27-42)12-14-31)32-17-15-30(16-18-32)35-10-6-5-7-33(35)25-40-49(43,44)34-8-3-2-4-9-34/h2-18,28,36-38,40,42H,19-27H2,1H3/t28-,36+,37+,38+/m1/s1. The van der Waals surface area contributed by atoms with Crippen molar-refractivity contribution in [2.24, 2.45) is 5.92 Å². The lowest BCUT2D eigenvalue weighted by atomic mass is 9.89. The van der Waals surface area contributed by atoms with E-state index in [1.807, 2.05) is 72.8 Å². The quantitative estimate of drug-likeness (QED) is 0.211. The van der Waals surface area contributed by atoms with E-state index in [-0.39, 0.29) is 36.2 Å². The van der Waals surface area contributed by atoms with Crippen molar-refractivity contribution in [1.29, 1.82) is 0 Å². The molecule has 3 saturated heterocycles. The molecule has 3 aliphatic heterocycles. The monoisotopic (exact) mass is 684 g/mol. The predicted octanol–water partition coefficient (Wildman–Crippen LogP) is 5.95. The van der Waals surface area contributed by atoms with Gasteiger partial charge in [-0.3, -0.25) is 0 Å². The van der Waals surface area contributed by atoms with Crippen LogP contribution in [0.3, 0.4) is 0 Å². The number of rotatable bonds is 10. The molecule has 0 saturated carbocycles. The minimum atomic E-state index is -3.65. The number of hydrogen-bond donors (Lipinski definition) is 2. The molecule has 4 aromatic carbocycles. The molecule has 9 nitrogen and oxygen atoms in total. The molecule has 0 radical (unpaired) electrons. The number of hydrogen-bond acceptors (Lipinski definition) is 8. The molecule has 4 aromatic rings. The van der Waals surface area contributed by atoms with E-state index in [1.54, 1.807) is 30.3 Å². The average Bonchev–Trinajstić information content (AvgIpc) is 3.61. The van der Waals surface area contributed by atoms with E-state index >= 15 is 0 Å². The first-order valence-corrected chi connectivity index (χ1v) is 18.5. The van der Waals surface area contributed by atoms with Crippen molar-refractivity contribution in [3.05, 3.63) is 125 Å². The second kappa shape index (κ2) is 14.8. The van der Waals surface area contributed by atoms with E-state index in [1.165, 1.54) is 0 Å². The van der Waals surface area contributed by atoms with Gasteiger partial charge in [0.25, 0.3) is 0 Å². The zero-order chi connectivity index (χ0) is 33.8. The van der Waals surface area contributed by atoms with E-state index < -0.39 is 22.1 Å². The van der Waals surface area contributed by atoms with Crippen LogP contribution in [0.25, 0.3) is 11.1 Å². The molecular weight excluding hydrogens is 641 g/mol. The molecule has 0 amide bonds. The molecule has 4 atom stereocenters. The van der Waals surface area contributed by atoms with Crippen LogP contribution >= 0.6 is 0 Å². The third-order valence-electron chi connectivity index (χ3n) is 10.0. The normalized spacial score (nSPS) is 24.3. The van der Waals surface area contributed by atoms with E-state index in [0.29, 0.717) is 13.2 Å². The number of likely N-dealkylation sites (tertiary alicyclic amines) is 1. The van der Waals surface area contributed by atoms with Gasteiger partial charge in [-0.05, 0) is 39.9 Å². The minimum Gasteiger partial charge on any atom is -0.392 e. The van der Waals surface area contributed by atoms with Gasteiger partial charge >= 0.3 is 0 Å². The fourth-order valence-corrected chi connectivity index (χ4v) is 8.10. The Labute approximate surface area is 288 Å². The number of benzene rings is 4. The Hall–Kier alpha value is -3.45. The SMILES string of the molecule is C[C@@H]1[C@H](CN2CCC3(CC2)OCCO3)O[C@H](c2ccc(-c3ccccc3CNS(=O)(=O)c3ccccc3)cc2)O[C@@H]1c1ccc(CO)cc1. The Morgan fingerprint density at radius 2 is 1.47 bits per heavy atom. The van der Waals surface area contributed by atoms with Gasteiger partial charge in [0.15, 0.2) is 12.1 Å². The van der Waals surface area contributed by atoms with Gasteiger partial charge in [0, 0.05) is 50.5 Å². The van der Waals surface area contributed by atoms with Crippen LogP contribution in [0.4, 0.5) is 0 Å². The largest absolute Gasteiger partial charge is 0.392 e. The Bertz CT molecular complexity index is 1790. The summed E-state index contributed by atoms with van der Waals surface area (Å²) in [5, 5.41) is 9.61. The first-order chi connectivity index (χ1) is 23.8. The first kappa shape index (κ1) is 34.0. The summed E-state index contributed by atoms with van der Waals surface area (Å²) in [4.78, 5) is 2.68. The van der Waals surface area contributed by atoms with E-state index in [4.69, 9.17) is 18.9 Å². The Kier molecular flexibility index (Phi) is 10.3. The van der Waals surface area contributed by atoms with Crippen LogP contribution < -0.4 is 4.72 Å². The van der Waals surface area contributed by atoms with Gasteiger partial charge in [-0.2, -0.15) is 0 Å². The van der Waals surface area contributed by atoms with Gasteiger partial charge in [0.1, 0.15) is 0 Å². The van der Waals surface area contributed by atoms with Gasteiger partial charge < -0.3 is 29.0 Å². The third-order valence-corrected chi connectivity index (χ3v) is 11.4. The molecule has 0 aromatic heterocycles. The molecule has 0 bridgehead atoms. The summed E-state index contributed by atoms with van der Waals surface area (Å²) >= 11 is 0. The molecule has 258 valence electrons. The summed E-state index contributed by atoms with van der Waals surface area (Å²) < 4.78 is 53.9. The van der Waals surface area contributed by atoms with Crippen molar-refractivity contribution < 1.29 is 32.5 Å². The van der Waals surface area contributed by atoms with Gasteiger partial charge in [-0.15, -0.1) is 0 Å². The maximum Gasteiger partial charge on any atom is 0.240 e. The topological polar surface area (TPSA) is 107 Å². The first-order valence-electron chi connectivity index (χ1n) is 17.1. The highest BCUT2D eigenvalue weighted by Gasteiger charge is 2.43. The zero-order valence-corrected chi connectivity index (χ0v) is 28.6. The van der Waals surface area contributed by atoms with Gasteiger partial charge in [-0.1, -0.05) is 97.9 Å². The summed E-state index contributed by atoms with van der Waals surface area (Å²) in [6, 6.07) is 32.3. The number of nitrogens with zero attached hydrogens (tertiary/aromatic N) is 1. The van der Waals surface area contributed by atoms with Crippen molar-refractivity contribution in [2.75, 3.05) is 32.8 Å². The lowest BCUT2D eigenvalue weighted by Gasteiger charge is -2.44. The van der Waals surface area contributed by atoms with Crippen LogP contribution in [-0.4, -0.2) is 63.2 Å². The fourth-order valence-electron chi connectivity index (χ4n) is 7.08. The van der Waals surface area contributed by atoms with E-state index in [9.17, 15) is 13.5 Å². The summed E-state index contributed by atoms with van der Waals surface area (Å²) in [7, 11) is -3.65. The minimum absolute atomic E-state index is 0.00598. The highest BCUT2D eigenvalue weighted by Crippen LogP contribution is 2.43. The van der Waals surface area contributed by atoms with Crippen molar-refractivity contribution in [1.82, 2.24) is 9.62 Å². The summed E-state index contributed by atoms with van der Waals surface area (Å²) in [5.74, 6) is -0.345. The Balaban J connectivity index is 1.09. The summed E-state index contributed by atoms with van der Waals surface area (Å²) in [6.07, 6.45) is 0.822. The maximum absolute atomic E-state index is 12.9. The summed E-state index contributed by atoms with van der Waals surface area (Å²) in [5.41, 5.74) is 5.60. The number of piperidine rings is 1. The van der Waals surface area contributed by atoms with Crippen molar-refractivity contribution in [3.8, 4) is 11.1 Å². The van der Waals surface area contributed by atoms with Crippen LogP contribution in [-0.2, 0) is 42.1 Å². The van der Waals surface area contributed by atoms with Gasteiger partial charge in [0.2, 0.25) is 10.0 Å². The molecule has 3 heterocycles. The second-order valence-electron chi connectivity index (χ2n) is 13.1. The predicted molar refractivity (Wildman–Crippen MR) is 186 cm³/mol. The molecule has 2 N–H and O–H groups in total. The number of ether oxygens (including phenoxy) is 4. The molecule has 10 heteroatoms. The average molecular weight is 685 g/mol. The number of nitrogens with one attached hydrogen (secondary N) is 1. The smallest absolute Gasteiger partial charge is 0.240 e. The molecule has 3 fully saturated rings. The van der Waals surface area contributed by atoms with E-state index in [2.05, 4.69) is 16.5 Å². The molecular formula is C39H44N2O7S. The lowest BCUT2D eigenvalue weighted by Crippen LogP contribution is -2.50. The number of aliphatic hydroxyl groups is 1. The second-order valence-corrected chi connectivity index (χ2v) is 14.9. The Morgan fingerprint density at radius 3 is 2.16 bits per heavy atom. The Morgan fingerprint density at radius 1 is 0.816 bits per heavy atom.